The highest BCUT2D eigenvalue weighted by molar-refractivity contribution is 5.94. The zero-order chi connectivity index (χ0) is 17.7. The van der Waals surface area contributed by atoms with Gasteiger partial charge in [0, 0.05) is 18.8 Å². The van der Waals surface area contributed by atoms with Crippen molar-refractivity contribution in [3.63, 3.8) is 0 Å². The highest BCUT2D eigenvalue weighted by atomic mass is 16.5. The van der Waals surface area contributed by atoms with Crippen molar-refractivity contribution in [2.45, 2.75) is 46.0 Å². The molecule has 1 aromatic carbocycles. The molecule has 2 atom stereocenters. The molecule has 1 aliphatic heterocycles. The molecule has 6 nitrogen and oxygen atoms in total. The van der Waals surface area contributed by atoms with Crippen LogP contribution in [0.25, 0.3) is 0 Å². The molecule has 0 bridgehead atoms. The van der Waals surface area contributed by atoms with Crippen LogP contribution in [0.4, 0.5) is 5.69 Å². The van der Waals surface area contributed by atoms with Gasteiger partial charge in [-0.3, -0.25) is 9.69 Å². The topological polar surface area (TPSA) is 67.9 Å². The lowest BCUT2D eigenvalue weighted by molar-refractivity contribution is -0.121. The Morgan fingerprint density at radius 3 is 2.33 bits per heavy atom. The first-order chi connectivity index (χ1) is 11.3. The number of amides is 1. The van der Waals surface area contributed by atoms with E-state index in [1.807, 2.05) is 13.8 Å². The van der Waals surface area contributed by atoms with Gasteiger partial charge in [-0.25, -0.2) is 4.79 Å². The van der Waals surface area contributed by atoms with Gasteiger partial charge < -0.3 is 14.8 Å². The zero-order valence-corrected chi connectivity index (χ0v) is 14.7. The Labute approximate surface area is 143 Å². The molecule has 1 N–H and O–H groups in total. The fraction of sp³-hybridized carbons (Fsp3) is 0.556. The second kappa shape index (κ2) is 8.26. The number of hydrogen-bond donors (Lipinski definition) is 1. The van der Waals surface area contributed by atoms with E-state index in [-0.39, 0.29) is 30.2 Å². The van der Waals surface area contributed by atoms with Crippen molar-refractivity contribution in [2.75, 3.05) is 25.0 Å². The maximum Gasteiger partial charge on any atom is 0.338 e. The molecule has 0 aliphatic carbocycles. The highest BCUT2D eigenvalue weighted by Crippen LogP contribution is 2.13. The smallest absolute Gasteiger partial charge is 0.338 e. The molecular formula is C18H26N2O4. The van der Waals surface area contributed by atoms with E-state index in [0.717, 1.165) is 13.1 Å². The van der Waals surface area contributed by atoms with E-state index in [0.29, 0.717) is 17.8 Å². The fourth-order valence-corrected chi connectivity index (χ4v) is 2.79. The van der Waals surface area contributed by atoms with E-state index >= 15 is 0 Å². The Balaban J connectivity index is 1.86. The summed E-state index contributed by atoms with van der Waals surface area (Å²) in [6.45, 7) is 9.45. The van der Waals surface area contributed by atoms with Gasteiger partial charge in [0.25, 0.3) is 0 Å². The molecule has 0 saturated carbocycles. The van der Waals surface area contributed by atoms with Gasteiger partial charge in [-0.05, 0) is 52.0 Å². The molecule has 0 unspecified atom stereocenters. The van der Waals surface area contributed by atoms with Crippen molar-refractivity contribution < 1.29 is 19.1 Å². The van der Waals surface area contributed by atoms with Crippen LogP contribution >= 0.6 is 0 Å². The quantitative estimate of drug-likeness (QED) is 0.837. The van der Waals surface area contributed by atoms with Gasteiger partial charge in [-0.15, -0.1) is 0 Å². The minimum absolute atomic E-state index is 0.0752. The number of carbonyl (C=O) groups excluding carboxylic acids is 2. The summed E-state index contributed by atoms with van der Waals surface area (Å²) in [5.74, 6) is -0.437. The molecule has 0 spiro atoms. The normalized spacial score (nSPS) is 21.5. The molecule has 6 heteroatoms. The molecule has 132 valence electrons. The molecule has 1 amide bonds. The number of carbonyl (C=O) groups is 2. The SMILES string of the molecule is CC(C)OC(=O)c1ccc(NC(=O)CN2C[C@@H](C)O[C@@H](C)C2)cc1. The summed E-state index contributed by atoms with van der Waals surface area (Å²) in [6, 6.07) is 6.72. The Morgan fingerprint density at radius 2 is 1.79 bits per heavy atom. The Bertz CT molecular complexity index is 561. The molecule has 2 rings (SSSR count). The van der Waals surface area contributed by atoms with E-state index in [2.05, 4.69) is 10.2 Å². The third kappa shape index (κ3) is 5.62. The van der Waals surface area contributed by atoms with E-state index < -0.39 is 0 Å². The molecular weight excluding hydrogens is 308 g/mol. The molecule has 1 aromatic rings. The van der Waals surface area contributed by atoms with Gasteiger partial charge in [-0.1, -0.05) is 0 Å². The van der Waals surface area contributed by atoms with Gasteiger partial charge in [0.05, 0.1) is 30.4 Å². The average molecular weight is 334 g/mol. The third-order valence-corrected chi connectivity index (χ3v) is 3.61. The van der Waals surface area contributed by atoms with Crippen LogP contribution in [0.15, 0.2) is 24.3 Å². The van der Waals surface area contributed by atoms with Crippen molar-refractivity contribution >= 4 is 17.6 Å². The Kier molecular flexibility index (Phi) is 6.34. The Hall–Kier alpha value is -1.92. The number of benzene rings is 1. The molecule has 1 heterocycles. The van der Waals surface area contributed by atoms with E-state index in [9.17, 15) is 9.59 Å². The van der Waals surface area contributed by atoms with Crippen LogP contribution in [0.3, 0.4) is 0 Å². The predicted molar refractivity (Wildman–Crippen MR) is 92.1 cm³/mol. The Morgan fingerprint density at radius 1 is 1.21 bits per heavy atom. The van der Waals surface area contributed by atoms with Crippen LogP contribution in [-0.4, -0.2) is 54.7 Å². The summed E-state index contributed by atoms with van der Waals surface area (Å²) in [7, 11) is 0. The number of nitrogens with zero attached hydrogens (tertiary/aromatic N) is 1. The van der Waals surface area contributed by atoms with Crippen LogP contribution in [0.5, 0.6) is 0 Å². The van der Waals surface area contributed by atoms with E-state index in [1.165, 1.54) is 0 Å². The maximum atomic E-state index is 12.2. The van der Waals surface area contributed by atoms with Gasteiger partial charge in [0.15, 0.2) is 0 Å². The largest absolute Gasteiger partial charge is 0.459 e. The second-order valence-electron chi connectivity index (χ2n) is 6.53. The number of ether oxygens (including phenoxy) is 2. The number of rotatable bonds is 5. The van der Waals surface area contributed by atoms with E-state index in [4.69, 9.17) is 9.47 Å². The molecule has 0 aromatic heterocycles. The molecule has 1 saturated heterocycles. The number of nitrogens with one attached hydrogen (secondary N) is 1. The van der Waals surface area contributed by atoms with Crippen molar-refractivity contribution in [2.24, 2.45) is 0 Å². The summed E-state index contributed by atoms with van der Waals surface area (Å²) >= 11 is 0. The summed E-state index contributed by atoms with van der Waals surface area (Å²) < 4.78 is 10.8. The van der Waals surface area contributed by atoms with Crippen LogP contribution in [0.2, 0.25) is 0 Å². The first kappa shape index (κ1) is 18.4. The van der Waals surface area contributed by atoms with Crippen LogP contribution in [-0.2, 0) is 14.3 Å². The summed E-state index contributed by atoms with van der Waals surface area (Å²) in [5, 5.41) is 2.85. The minimum Gasteiger partial charge on any atom is -0.459 e. The number of anilines is 1. The predicted octanol–water partition coefficient (Wildman–Crippen LogP) is 2.30. The molecule has 24 heavy (non-hydrogen) atoms. The lowest BCUT2D eigenvalue weighted by Gasteiger charge is -2.34. The van der Waals surface area contributed by atoms with Gasteiger partial charge in [-0.2, -0.15) is 0 Å². The second-order valence-corrected chi connectivity index (χ2v) is 6.53. The highest BCUT2D eigenvalue weighted by Gasteiger charge is 2.23. The number of esters is 1. The van der Waals surface area contributed by atoms with Gasteiger partial charge in [0.2, 0.25) is 5.91 Å². The van der Waals surface area contributed by atoms with Crippen molar-refractivity contribution in [1.29, 1.82) is 0 Å². The van der Waals surface area contributed by atoms with E-state index in [1.54, 1.807) is 38.1 Å². The molecule has 1 aliphatic rings. The summed E-state index contributed by atoms with van der Waals surface area (Å²) in [6.07, 6.45) is 0.107. The minimum atomic E-state index is -0.362. The van der Waals surface area contributed by atoms with Gasteiger partial charge in [0.1, 0.15) is 0 Å². The molecule has 0 radical (unpaired) electrons. The van der Waals surface area contributed by atoms with Crippen LogP contribution in [0.1, 0.15) is 38.1 Å². The summed E-state index contributed by atoms with van der Waals surface area (Å²) in [5.41, 5.74) is 1.13. The molecule has 1 fully saturated rings. The van der Waals surface area contributed by atoms with Crippen LogP contribution in [0, 0.1) is 0 Å². The lowest BCUT2D eigenvalue weighted by atomic mass is 10.2. The maximum absolute atomic E-state index is 12.2. The first-order valence-corrected chi connectivity index (χ1v) is 8.32. The lowest BCUT2D eigenvalue weighted by Crippen LogP contribution is -2.48. The van der Waals surface area contributed by atoms with Crippen LogP contribution < -0.4 is 5.32 Å². The van der Waals surface area contributed by atoms with Crippen molar-refractivity contribution in [3.8, 4) is 0 Å². The van der Waals surface area contributed by atoms with Crippen molar-refractivity contribution in [1.82, 2.24) is 4.90 Å². The fourth-order valence-electron chi connectivity index (χ4n) is 2.79. The zero-order valence-electron chi connectivity index (χ0n) is 14.7. The monoisotopic (exact) mass is 334 g/mol. The van der Waals surface area contributed by atoms with Crippen molar-refractivity contribution in [3.05, 3.63) is 29.8 Å². The number of morpholine rings is 1. The standard InChI is InChI=1S/C18H26N2O4/c1-12(2)23-18(22)15-5-7-16(8-6-15)19-17(21)11-20-9-13(3)24-14(4)10-20/h5-8,12-14H,9-11H2,1-4H3,(H,19,21)/t13-,14+. The summed E-state index contributed by atoms with van der Waals surface area (Å²) in [4.78, 5) is 26.0. The van der Waals surface area contributed by atoms with Gasteiger partial charge >= 0.3 is 5.97 Å². The number of hydrogen-bond acceptors (Lipinski definition) is 5. The first-order valence-electron chi connectivity index (χ1n) is 8.32. The third-order valence-electron chi connectivity index (χ3n) is 3.61. The average Bonchev–Trinajstić information content (AvgIpc) is 2.45.